The van der Waals surface area contributed by atoms with Crippen LogP contribution < -0.4 is 4.90 Å². The van der Waals surface area contributed by atoms with E-state index in [0.29, 0.717) is 12.4 Å². The van der Waals surface area contributed by atoms with Crippen molar-refractivity contribution in [3.63, 3.8) is 0 Å². The molecule has 2 heterocycles. The van der Waals surface area contributed by atoms with Gasteiger partial charge in [0.25, 0.3) is 0 Å². The van der Waals surface area contributed by atoms with Gasteiger partial charge in [0, 0.05) is 24.8 Å². The molecule has 1 aliphatic heterocycles. The SMILES string of the molecule is Cc1ccc(-c2nccc(N3CCCC(C(=O)O)C3)n2)cc1. The second kappa shape index (κ2) is 6.13. The summed E-state index contributed by atoms with van der Waals surface area (Å²) >= 11 is 0. The fraction of sp³-hybridized carbons (Fsp3) is 0.353. The van der Waals surface area contributed by atoms with E-state index in [0.717, 1.165) is 30.8 Å². The highest BCUT2D eigenvalue weighted by atomic mass is 16.4. The summed E-state index contributed by atoms with van der Waals surface area (Å²) in [5, 5.41) is 9.20. The molecule has 5 nitrogen and oxygen atoms in total. The first-order valence-corrected chi connectivity index (χ1v) is 7.51. The second-order valence-corrected chi connectivity index (χ2v) is 5.73. The van der Waals surface area contributed by atoms with E-state index >= 15 is 0 Å². The second-order valence-electron chi connectivity index (χ2n) is 5.73. The van der Waals surface area contributed by atoms with Crippen LogP contribution in [-0.4, -0.2) is 34.1 Å². The minimum atomic E-state index is -0.725. The predicted molar refractivity (Wildman–Crippen MR) is 84.8 cm³/mol. The van der Waals surface area contributed by atoms with Crippen molar-refractivity contribution >= 4 is 11.8 Å². The average molecular weight is 297 g/mol. The molecule has 0 saturated carbocycles. The molecule has 1 aromatic carbocycles. The number of rotatable bonds is 3. The number of benzene rings is 1. The van der Waals surface area contributed by atoms with Gasteiger partial charge in [-0.25, -0.2) is 9.97 Å². The van der Waals surface area contributed by atoms with Gasteiger partial charge in [-0.2, -0.15) is 0 Å². The van der Waals surface area contributed by atoms with Crippen molar-refractivity contribution in [3.8, 4) is 11.4 Å². The third-order valence-corrected chi connectivity index (χ3v) is 4.05. The van der Waals surface area contributed by atoms with E-state index in [1.807, 2.05) is 42.2 Å². The molecule has 1 atom stereocenters. The smallest absolute Gasteiger partial charge is 0.308 e. The standard InChI is InChI=1S/C17H19N3O2/c1-12-4-6-13(7-5-12)16-18-9-8-15(19-16)20-10-2-3-14(11-20)17(21)22/h4-9,14H,2-3,10-11H2,1H3,(H,21,22). The predicted octanol–water partition coefficient (Wildman–Crippen LogP) is 2.75. The highest BCUT2D eigenvalue weighted by molar-refractivity contribution is 5.71. The zero-order valence-electron chi connectivity index (χ0n) is 12.6. The van der Waals surface area contributed by atoms with Crippen LogP contribution in [0, 0.1) is 12.8 Å². The number of carboxylic acids is 1. The van der Waals surface area contributed by atoms with Crippen LogP contribution in [0.3, 0.4) is 0 Å². The van der Waals surface area contributed by atoms with Gasteiger partial charge < -0.3 is 10.0 Å². The van der Waals surface area contributed by atoms with Gasteiger partial charge in [-0.1, -0.05) is 29.8 Å². The normalized spacial score (nSPS) is 18.2. The molecule has 3 rings (SSSR count). The van der Waals surface area contributed by atoms with E-state index in [4.69, 9.17) is 0 Å². The van der Waals surface area contributed by atoms with Crippen molar-refractivity contribution in [2.45, 2.75) is 19.8 Å². The summed E-state index contributed by atoms with van der Waals surface area (Å²) in [7, 11) is 0. The number of hydrogen-bond acceptors (Lipinski definition) is 4. The molecule has 0 aliphatic carbocycles. The zero-order chi connectivity index (χ0) is 15.5. The van der Waals surface area contributed by atoms with Crippen molar-refractivity contribution in [1.82, 2.24) is 9.97 Å². The number of aliphatic carboxylic acids is 1. The molecular weight excluding hydrogens is 278 g/mol. The fourth-order valence-electron chi connectivity index (χ4n) is 2.75. The fourth-order valence-corrected chi connectivity index (χ4v) is 2.75. The van der Waals surface area contributed by atoms with Gasteiger partial charge in [0.15, 0.2) is 5.82 Å². The number of aryl methyl sites for hydroxylation is 1. The summed E-state index contributed by atoms with van der Waals surface area (Å²) in [5.74, 6) is 0.440. The molecule has 5 heteroatoms. The van der Waals surface area contributed by atoms with Gasteiger partial charge in [-0.15, -0.1) is 0 Å². The molecular formula is C17H19N3O2. The third kappa shape index (κ3) is 3.08. The third-order valence-electron chi connectivity index (χ3n) is 4.05. The van der Waals surface area contributed by atoms with Crippen LogP contribution in [0.1, 0.15) is 18.4 Å². The molecule has 1 fully saturated rings. The maximum atomic E-state index is 11.2. The number of aromatic nitrogens is 2. The first-order chi connectivity index (χ1) is 10.6. The van der Waals surface area contributed by atoms with E-state index in [9.17, 15) is 9.90 Å². The molecule has 1 unspecified atom stereocenters. The average Bonchev–Trinajstić information content (AvgIpc) is 2.56. The molecule has 1 saturated heterocycles. The summed E-state index contributed by atoms with van der Waals surface area (Å²) < 4.78 is 0. The molecule has 114 valence electrons. The van der Waals surface area contributed by atoms with Crippen LogP contribution in [0.5, 0.6) is 0 Å². The molecule has 0 bridgehead atoms. The van der Waals surface area contributed by atoms with E-state index in [2.05, 4.69) is 9.97 Å². The van der Waals surface area contributed by atoms with Crippen LogP contribution in [0.15, 0.2) is 36.5 Å². The Hall–Kier alpha value is -2.43. The Morgan fingerprint density at radius 2 is 2.05 bits per heavy atom. The van der Waals surface area contributed by atoms with Gasteiger partial charge in [0.2, 0.25) is 0 Å². The lowest BCUT2D eigenvalue weighted by Gasteiger charge is -2.31. The Balaban J connectivity index is 1.84. The highest BCUT2D eigenvalue weighted by Crippen LogP contribution is 2.24. The van der Waals surface area contributed by atoms with Crippen molar-refractivity contribution in [1.29, 1.82) is 0 Å². The number of hydrogen-bond donors (Lipinski definition) is 1. The Kier molecular flexibility index (Phi) is 4.04. The minimum absolute atomic E-state index is 0.313. The first-order valence-electron chi connectivity index (χ1n) is 7.51. The lowest BCUT2D eigenvalue weighted by atomic mass is 9.98. The topological polar surface area (TPSA) is 66.3 Å². The first kappa shape index (κ1) is 14.5. The van der Waals surface area contributed by atoms with E-state index < -0.39 is 5.97 Å². The quantitative estimate of drug-likeness (QED) is 0.943. The van der Waals surface area contributed by atoms with Crippen molar-refractivity contribution < 1.29 is 9.90 Å². The van der Waals surface area contributed by atoms with E-state index in [-0.39, 0.29) is 5.92 Å². The van der Waals surface area contributed by atoms with Crippen molar-refractivity contribution in [2.75, 3.05) is 18.0 Å². The van der Waals surface area contributed by atoms with Crippen LogP contribution in [-0.2, 0) is 4.79 Å². The molecule has 0 radical (unpaired) electrons. The summed E-state index contributed by atoms with van der Waals surface area (Å²) in [6.45, 7) is 3.40. The summed E-state index contributed by atoms with van der Waals surface area (Å²) in [6, 6.07) is 9.93. The summed E-state index contributed by atoms with van der Waals surface area (Å²) in [6.07, 6.45) is 3.35. The van der Waals surface area contributed by atoms with Gasteiger partial charge >= 0.3 is 5.97 Å². The molecule has 0 amide bonds. The van der Waals surface area contributed by atoms with Gasteiger partial charge in [0.1, 0.15) is 5.82 Å². The van der Waals surface area contributed by atoms with Crippen molar-refractivity contribution in [2.24, 2.45) is 5.92 Å². The number of carboxylic acid groups (broad SMARTS) is 1. The van der Waals surface area contributed by atoms with Crippen molar-refractivity contribution in [3.05, 3.63) is 42.1 Å². The molecule has 2 aromatic rings. The lowest BCUT2D eigenvalue weighted by Crippen LogP contribution is -2.39. The molecule has 1 aliphatic rings. The molecule has 1 aromatic heterocycles. The molecule has 22 heavy (non-hydrogen) atoms. The van der Waals surface area contributed by atoms with Gasteiger partial charge in [-0.3, -0.25) is 4.79 Å². The summed E-state index contributed by atoms with van der Waals surface area (Å²) in [5.41, 5.74) is 2.17. The zero-order valence-corrected chi connectivity index (χ0v) is 12.6. The Bertz CT molecular complexity index is 670. The van der Waals surface area contributed by atoms with Gasteiger partial charge in [-0.05, 0) is 25.8 Å². The Labute approximate surface area is 129 Å². The largest absolute Gasteiger partial charge is 0.481 e. The highest BCUT2D eigenvalue weighted by Gasteiger charge is 2.26. The number of nitrogens with zero attached hydrogens (tertiary/aromatic N) is 3. The lowest BCUT2D eigenvalue weighted by molar-refractivity contribution is -0.141. The monoisotopic (exact) mass is 297 g/mol. The van der Waals surface area contributed by atoms with E-state index in [1.54, 1.807) is 6.20 Å². The maximum Gasteiger partial charge on any atom is 0.308 e. The van der Waals surface area contributed by atoms with Crippen LogP contribution >= 0.6 is 0 Å². The van der Waals surface area contributed by atoms with Crippen LogP contribution in [0.25, 0.3) is 11.4 Å². The van der Waals surface area contributed by atoms with Crippen LogP contribution in [0.2, 0.25) is 0 Å². The van der Waals surface area contributed by atoms with Crippen LogP contribution in [0.4, 0.5) is 5.82 Å². The number of carbonyl (C=O) groups is 1. The Morgan fingerprint density at radius 1 is 1.27 bits per heavy atom. The maximum absolute atomic E-state index is 11.2. The molecule has 0 spiro atoms. The summed E-state index contributed by atoms with van der Waals surface area (Å²) in [4.78, 5) is 22.2. The Morgan fingerprint density at radius 3 is 2.77 bits per heavy atom. The van der Waals surface area contributed by atoms with Gasteiger partial charge in [0.05, 0.1) is 5.92 Å². The van der Waals surface area contributed by atoms with E-state index in [1.165, 1.54) is 5.56 Å². The molecule has 1 N–H and O–H groups in total. The number of piperidine rings is 1. The number of anilines is 1. The minimum Gasteiger partial charge on any atom is -0.481 e.